The van der Waals surface area contributed by atoms with Gasteiger partial charge in [0, 0.05) is 16.6 Å². The molecule has 1 atom stereocenters. The number of hydrogen-bond donors (Lipinski definition) is 2. The predicted molar refractivity (Wildman–Crippen MR) is 76.0 cm³/mol. The van der Waals surface area contributed by atoms with Gasteiger partial charge in [-0.2, -0.15) is 0 Å². The number of nitrogens with two attached hydrogens (primary N) is 1. The van der Waals surface area contributed by atoms with Gasteiger partial charge in [0.05, 0.1) is 12.4 Å². The highest BCUT2D eigenvalue weighted by Crippen LogP contribution is 2.32. The lowest BCUT2D eigenvalue weighted by Crippen LogP contribution is -2.35. The molecule has 0 spiro atoms. The van der Waals surface area contributed by atoms with Gasteiger partial charge in [-0.25, -0.2) is 0 Å². The van der Waals surface area contributed by atoms with E-state index in [9.17, 15) is 4.79 Å². The number of nitrogen functional groups attached to an aromatic ring is 1. The van der Waals surface area contributed by atoms with Crippen LogP contribution in [0.4, 0.5) is 5.69 Å². The van der Waals surface area contributed by atoms with Crippen LogP contribution >= 0.6 is 11.8 Å². The standard InChI is InChI=1S/C13H20N2O2S/c1-8(2)15-13(16)9(3)18-12-7-10(17-4)5-6-11(12)14/h5-9H,14H2,1-4H3,(H,15,16). The number of thioether (sulfide) groups is 1. The Kier molecular flexibility index (Phi) is 5.34. The highest BCUT2D eigenvalue weighted by molar-refractivity contribution is 8.00. The van der Waals surface area contributed by atoms with E-state index in [0.29, 0.717) is 5.69 Å². The van der Waals surface area contributed by atoms with Gasteiger partial charge in [-0.15, -0.1) is 11.8 Å². The fourth-order valence-corrected chi connectivity index (χ4v) is 2.33. The number of nitrogens with one attached hydrogen (secondary N) is 1. The maximum Gasteiger partial charge on any atom is 0.233 e. The Balaban J connectivity index is 2.74. The van der Waals surface area contributed by atoms with Gasteiger partial charge in [-0.05, 0) is 39.0 Å². The smallest absolute Gasteiger partial charge is 0.233 e. The molecule has 5 heteroatoms. The molecule has 1 amide bonds. The molecule has 18 heavy (non-hydrogen) atoms. The zero-order valence-electron chi connectivity index (χ0n) is 11.2. The summed E-state index contributed by atoms with van der Waals surface area (Å²) < 4.78 is 5.15. The number of rotatable bonds is 5. The summed E-state index contributed by atoms with van der Waals surface area (Å²) in [5.41, 5.74) is 6.54. The number of carbonyl (C=O) groups is 1. The second kappa shape index (κ2) is 6.54. The molecule has 0 bridgehead atoms. The lowest BCUT2D eigenvalue weighted by molar-refractivity contribution is -0.120. The van der Waals surface area contributed by atoms with Crippen molar-refractivity contribution in [2.75, 3.05) is 12.8 Å². The van der Waals surface area contributed by atoms with Crippen LogP contribution in [-0.2, 0) is 4.79 Å². The first-order chi connectivity index (χ1) is 8.43. The normalized spacial score (nSPS) is 12.3. The van der Waals surface area contributed by atoms with E-state index < -0.39 is 0 Å². The fraction of sp³-hybridized carbons (Fsp3) is 0.462. The van der Waals surface area contributed by atoms with Crippen LogP contribution in [0.3, 0.4) is 0 Å². The van der Waals surface area contributed by atoms with E-state index in [1.165, 1.54) is 11.8 Å². The lowest BCUT2D eigenvalue weighted by Gasteiger charge is -2.15. The van der Waals surface area contributed by atoms with Gasteiger partial charge in [0.2, 0.25) is 5.91 Å². The maximum atomic E-state index is 11.8. The van der Waals surface area contributed by atoms with Crippen molar-refractivity contribution in [3.05, 3.63) is 18.2 Å². The summed E-state index contributed by atoms with van der Waals surface area (Å²) in [6.45, 7) is 5.74. The van der Waals surface area contributed by atoms with Crippen LogP contribution in [0.5, 0.6) is 5.75 Å². The number of benzene rings is 1. The molecule has 0 fully saturated rings. The molecule has 0 aliphatic rings. The fourth-order valence-electron chi connectivity index (χ4n) is 1.39. The van der Waals surface area contributed by atoms with Crippen molar-refractivity contribution in [3.63, 3.8) is 0 Å². The first-order valence-electron chi connectivity index (χ1n) is 5.84. The van der Waals surface area contributed by atoms with E-state index in [2.05, 4.69) is 5.32 Å². The minimum absolute atomic E-state index is 0.0113. The summed E-state index contributed by atoms with van der Waals surface area (Å²) in [6, 6.07) is 5.58. The molecule has 0 saturated heterocycles. The zero-order chi connectivity index (χ0) is 13.7. The number of ether oxygens (including phenoxy) is 1. The number of amides is 1. The SMILES string of the molecule is COc1ccc(N)c(SC(C)C(=O)NC(C)C)c1. The number of methoxy groups -OCH3 is 1. The van der Waals surface area contributed by atoms with Crippen molar-refractivity contribution in [1.29, 1.82) is 0 Å². The van der Waals surface area contributed by atoms with Gasteiger partial charge >= 0.3 is 0 Å². The van der Waals surface area contributed by atoms with E-state index in [-0.39, 0.29) is 17.2 Å². The molecule has 0 radical (unpaired) electrons. The molecule has 1 aromatic rings. The largest absolute Gasteiger partial charge is 0.497 e. The third-order valence-corrected chi connectivity index (χ3v) is 3.50. The second-order valence-electron chi connectivity index (χ2n) is 4.33. The van der Waals surface area contributed by atoms with Gasteiger partial charge < -0.3 is 15.8 Å². The van der Waals surface area contributed by atoms with Crippen LogP contribution in [0.1, 0.15) is 20.8 Å². The third-order valence-electron chi connectivity index (χ3n) is 2.32. The average Bonchev–Trinajstić information content (AvgIpc) is 2.31. The quantitative estimate of drug-likeness (QED) is 0.635. The highest BCUT2D eigenvalue weighted by atomic mass is 32.2. The summed E-state index contributed by atoms with van der Waals surface area (Å²) in [6.07, 6.45) is 0. The molecule has 3 N–H and O–H groups in total. The van der Waals surface area contributed by atoms with Crippen LogP contribution in [0.2, 0.25) is 0 Å². The lowest BCUT2D eigenvalue weighted by atomic mass is 10.3. The summed E-state index contributed by atoms with van der Waals surface area (Å²) in [5, 5.41) is 2.69. The maximum absolute atomic E-state index is 11.8. The Morgan fingerprint density at radius 1 is 1.39 bits per heavy atom. The van der Waals surface area contributed by atoms with Crippen molar-refractivity contribution in [2.24, 2.45) is 0 Å². The third kappa shape index (κ3) is 4.14. The van der Waals surface area contributed by atoms with Gasteiger partial charge in [0.1, 0.15) is 5.75 Å². The Morgan fingerprint density at radius 2 is 2.06 bits per heavy atom. The van der Waals surface area contributed by atoms with Crippen LogP contribution < -0.4 is 15.8 Å². The van der Waals surface area contributed by atoms with Crippen molar-refractivity contribution in [3.8, 4) is 5.75 Å². The summed E-state index contributed by atoms with van der Waals surface area (Å²) >= 11 is 1.43. The molecular weight excluding hydrogens is 248 g/mol. The van der Waals surface area contributed by atoms with Crippen LogP contribution in [0.15, 0.2) is 23.1 Å². The summed E-state index contributed by atoms with van der Waals surface area (Å²) in [4.78, 5) is 12.7. The average molecular weight is 268 g/mol. The molecule has 1 rings (SSSR count). The number of hydrogen-bond acceptors (Lipinski definition) is 4. The summed E-state index contributed by atoms with van der Waals surface area (Å²) in [5.74, 6) is 0.750. The van der Waals surface area contributed by atoms with Gasteiger partial charge in [-0.1, -0.05) is 0 Å². The minimum atomic E-state index is -0.193. The summed E-state index contributed by atoms with van der Waals surface area (Å²) in [7, 11) is 1.61. The Labute approximate surface area is 112 Å². The number of anilines is 1. The van der Waals surface area contributed by atoms with Gasteiger partial charge in [0.25, 0.3) is 0 Å². The molecule has 0 aromatic heterocycles. The molecule has 1 unspecified atom stereocenters. The molecule has 100 valence electrons. The van der Waals surface area contributed by atoms with Crippen LogP contribution in [0, 0.1) is 0 Å². The van der Waals surface area contributed by atoms with E-state index in [1.807, 2.05) is 26.8 Å². The van der Waals surface area contributed by atoms with Crippen molar-refractivity contribution < 1.29 is 9.53 Å². The second-order valence-corrected chi connectivity index (χ2v) is 5.71. The Hall–Kier alpha value is -1.36. The van der Waals surface area contributed by atoms with E-state index >= 15 is 0 Å². The first kappa shape index (κ1) is 14.7. The molecule has 0 saturated carbocycles. The molecule has 1 aromatic carbocycles. The molecule has 0 heterocycles. The minimum Gasteiger partial charge on any atom is -0.497 e. The predicted octanol–water partition coefficient (Wildman–Crippen LogP) is 2.28. The van der Waals surface area contributed by atoms with E-state index in [0.717, 1.165) is 10.6 Å². The van der Waals surface area contributed by atoms with Crippen LogP contribution in [-0.4, -0.2) is 24.3 Å². The number of carbonyl (C=O) groups excluding carboxylic acids is 1. The highest BCUT2D eigenvalue weighted by Gasteiger charge is 2.16. The van der Waals surface area contributed by atoms with Crippen LogP contribution in [0.25, 0.3) is 0 Å². The Bertz CT molecular complexity index is 421. The van der Waals surface area contributed by atoms with Gasteiger partial charge in [-0.3, -0.25) is 4.79 Å². The molecular formula is C13H20N2O2S. The van der Waals surface area contributed by atoms with Gasteiger partial charge in [0.15, 0.2) is 0 Å². The van der Waals surface area contributed by atoms with Crippen molar-refractivity contribution >= 4 is 23.4 Å². The molecule has 4 nitrogen and oxygen atoms in total. The van der Waals surface area contributed by atoms with E-state index in [1.54, 1.807) is 19.2 Å². The zero-order valence-corrected chi connectivity index (χ0v) is 12.0. The Morgan fingerprint density at radius 3 is 2.61 bits per heavy atom. The molecule has 0 aliphatic heterocycles. The first-order valence-corrected chi connectivity index (χ1v) is 6.72. The van der Waals surface area contributed by atoms with Crippen molar-refractivity contribution in [2.45, 2.75) is 37.0 Å². The molecule has 0 aliphatic carbocycles. The monoisotopic (exact) mass is 268 g/mol. The van der Waals surface area contributed by atoms with E-state index in [4.69, 9.17) is 10.5 Å². The van der Waals surface area contributed by atoms with Crippen molar-refractivity contribution in [1.82, 2.24) is 5.32 Å². The topological polar surface area (TPSA) is 64.3 Å².